The summed E-state index contributed by atoms with van der Waals surface area (Å²) in [7, 11) is 0. The van der Waals surface area contributed by atoms with Gasteiger partial charge in [-0.2, -0.15) is 15.0 Å². The van der Waals surface area contributed by atoms with Crippen molar-refractivity contribution in [3.63, 3.8) is 0 Å². The first kappa shape index (κ1) is 19.0. The van der Waals surface area contributed by atoms with Crippen LogP contribution in [0.25, 0.3) is 0 Å². The molecule has 1 aromatic heterocycles. The van der Waals surface area contributed by atoms with Crippen LogP contribution in [0.2, 0.25) is 0 Å². The monoisotopic (exact) mass is 359 g/mol. The maximum Gasteiger partial charge on any atom is 0.0964 e. The van der Waals surface area contributed by atoms with Crippen LogP contribution in [0.15, 0.2) is 36.5 Å². The molecule has 142 valence electrons. The van der Waals surface area contributed by atoms with E-state index in [0.29, 0.717) is 26.3 Å². The molecule has 1 aliphatic rings. The van der Waals surface area contributed by atoms with Crippen molar-refractivity contribution in [3.05, 3.63) is 47.8 Å². The van der Waals surface area contributed by atoms with Crippen LogP contribution < -0.4 is 5.32 Å². The molecule has 2 heterocycles. The third-order valence-corrected chi connectivity index (χ3v) is 4.99. The van der Waals surface area contributed by atoms with Gasteiger partial charge in [-0.05, 0) is 19.4 Å². The number of nitrogens with one attached hydrogen (secondary N) is 1. The number of benzene rings is 1. The second-order valence-corrected chi connectivity index (χ2v) is 6.99. The zero-order valence-electron chi connectivity index (χ0n) is 15.6. The van der Waals surface area contributed by atoms with Crippen LogP contribution >= 0.6 is 0 Å². The number of ether oxygens (including phenoxy) is 1. The highest BCUT2D eigenvalue weighted by Gasteiger charge is 2.42. The Morgan fingerprint density at radius 3 is 2.85 bits per heavy atom. The average Bonchev–Trinajstić information content (AvgIpc) is 3.13. The molecule has 2 aromatic rings. The summed E-state index contributed by atoms with van der Waals surface area (Å²) in [4.78, 5) is 4.04. The van der Waals surface area contributed by atoms with Crippen molar-refractivity contribution in [1.82, 2.24) is 25.2 Å². The van der Waals surface area contributed by atoms with Crippen LogP contribution in [0, 0.1) is 0 Å². The first-order valence-corrected chi connectivity index (χ1v) is 9.26. The molecule has 7 nitrogen and oxygen atoms in total. The Bertz CT molecular complexity index is 678. The van der Waals surface area contributed by atoms with Crippen molar-refractivity contribution < 1.29 is 9.84 Å². The largest absolute Gasteiger partial charge is 0.394 e. The third kappa shape index (κ3) is 4.29. The van der Waals surface area contributed by atoms with E-state index in [1.165, 1.54) is 5.56 Å². The van der Waals surface area contributed by atoms with Crippen LogP contribution in [0.4, 0.5) is 0 Å². The number of aliphatic hydroxyl groups excluding tert-OH is 1. The highest BCUT2D eigenvalue weighted by molar-refractivity contribution is 5.16. The van der Waals surface area contributed by atoms with Gasteiger partial charge < -0.3 is 15.2 Å². The Labute approximate surface area is 155 Å². The molecule has 3 rings (SSSR count). The summed E-state index contributed by atoms with van der Waals surface area (Å²) in [5.41, 5.74) is 1.69. The molecule has 0 spiro atoms. The Morgan fingerprint density at radius 2 is 2.15 bits per heavy atom. The van der Waals surface area contributed by atoms with Gasteiger partial charge >= 0.3 is 0 Å². The van der Waals surface area contributed by atoms with Crippen molar-refractivity contribution in [1.29, 1.82) is 0 Å². The molecule has 1 fully saturated rings. The average molecular weight is 359 g/mol. The van der Waals surface area contributed by atoms with Crippen molar-refractivity contribution in [2.75, 3.05) is 26.4 Å². The summed E-state index contributed by atoms with van der Waals surface area (Å²) < 4.78 is 5.81. The summed E-state index contributed by atoms with van der Waals surface area (Å²) in [6.45, 7) is 8.19. The minimum Gasteiger partial charge on any atom is -0.394 e. The lowest BCUT2D eigenvalue weighted by Gasteiger charge is -2.49. The smallest absolute Gasteiger partial charge is 0.0964 e. The summed E-state index contributed by atoms with van der Waals surface area (Å²) in [5, 5.41) is 22.3. The summed E-state index contributed by atoms with van der Waals surface area (Å²) in [5.74, 6) is 0. The van der Waals surface area contributed by atoms with Gasteiger partial charge in [-0.15, -0.1) is 0 Å². The number of hydrogen-bond donors (Lipinski definition) is 2. The molecule has 2 atom stereocenters. The number of hydrogen-bond acceptors (Lipinski definition) is 6. The molecule has 0 unspecified atom stereocenters. The van der Waals surface area contributed by atoms with E-state index in [1.54, 1.807) is 11.0 Å². The van der Waals surface area contributed by atoms with Gasteiger partial charge in [-0.1, -0.05) is 30.3 Å². The Hall–Kier alpha value is -1.80. The van der Waals surface area contributed by atoms with E-state index >= 15 is 0 Å². The van der Waals surface area contributed by atoms with Gasteiger partial charge in [-0.3, -0.25) is 4.90 Å². The highest BCUT2D eigenvalue weighted by Crippen LogP contribution is 2.26. The normalized spacial score (nSPS) is 24.0. The van der Waals surface area contributed by atoms with Gasteiger partial charge in [0.05, 0.1) is 43.8 Å². The number of nitrogens with zero attached hydrogens (tertiary/aromatic N) is 4. The number of aryl methyl sites for hydroxylation is 1. The van der Waals surface area contributed by atoms with Crippen LogP contribution in [0.5, 0.6) is 0 Å². The number of rotatable bonds is 8. The molecule has 1 aromatic carbocycles. The van der Waals surface area contributed by atoms with E-state index in [9.17, 15) is 5.11 Å². The third-order valence-electron chi connectivity index (χ3n) is 4.99. The van der Waals surface area contributed by atoms with Gasteiger partial charge in [0, 0.05) is 25.7 Å². The molecule has 0 aliphatic carbocycles. The van der Waals surface area contributed by atoms with E-state index < -0.39 is 5.54 Å². The molecule has 0 bridgehead atoms. The lowest BCUT2D eigenvalue weighted by Crippen LogP contribution is -2.66. The second kappa shape index (κ2) is 8.73. The van der Waals surface area contributed by atoms with Gasteiger partial charge in [0.15, 0.2) is 0 Å². The Kier molecular flexibility index (Phi) is 6.37. The van der Waals surface area contributed by atoms with Crippen molar-refractivity contribution in [3.8, 4) is 0 Å². The minimum atomic E-state index is -0.450. The van der Waals surface area contributed by atoms with E-state index in [1.807, 2.05) is 13.0 Å². The molecule has 7 heteroatoms. The van der Waals surface area contributed by atoms with Crippen LogP contribution in [0.3, 0.4) is 0 Å². The van der Waals surface area contributed by atoms with E-state index in [2.05, 4.69) is 51.6 Å². The SMILES string of the molecule is CCn1ncc(CNC[C@]2(CO)COC[C@@H](C)N2Cc2ccccc2)n1. The van der Waals surface area contributed by atoms with Gasteiger partial charge in [0.25, 0.3) is 0 Å². The van der Waals surface area contributed by atoms with Crippen molar-refractivity contribution >= 4 is 0 Å². The maximum atomic E-state index is 10.3. The molecule has 1 aliphatic heterocycles. The number of aliphatic hydroxyl groups is 1. The molecule has 2 N–H and O–H groups in total. The highest BCUT2D eigenvalue weighted by atomic mass is 16.5. The quantitative estimate of drug-likeness (QED) is 0.734. The van der Waals surface area contributed by atoms with Crippen molar-refractivity contribution in [2.45, 2.75) is 45.1 Å². The van der Waals surface area contributed by atoms with Crippen LogP contribution in [0.1, 0.15) is 25.1 Å². The standard InChI is InChI=1S/C19H29N5O2/c1-3-24-21-10-18(22-24)9-20-13-19(14-25)15-26-12-16(2)23(19)11-17-7-5-4-6-8-17/h4-8,10,16,20,25H,3,9,11-15H2,1-2H3/t16-,19+/m1/s1. The molecular formula is C19H29N5O2. The zero-order chi connectivity index (χ0) is 18.4. The van der Waals surface area contributed by atoms with Crippen molar-refractivity contribution in [2.24, 2.45) is 0 Å². The fraction of sp³-hybridized carbons (Fsp3) is 0.579. The lowest BCUT2D eigenvalue weighted by atomic mass is 9.94. The van der Waals surface area contributed by atoms with Crippen LogP contribution in [-0.2, 0) is 24.4 Å². The molecule has 0 radical (unpaired) electrons. The van der Waals surface area contributed by atoms with Gasteiger partial charge in [0.1, 0.15) is 0 Å². The van der Waals surface area contributed by atoms with Gasteiger partial charge in [-0.25, -0.2) is 0 Å². The zero-order valence-corrected chi connectivity index (χ0v) is 15.6. The Balaban J connectivity index is 1.68. The number of morpholine rings is 1. The minimum absolute atomic E-state index is 0.0405. The molecular weight excluding hydrogens is 330 g/mol. The molecule has 26 heavy (non-hydrogen) atoms. The second-order valence-electron chi connectivity index (χ2n) is 6.99. The summed E-state index contributed by atoms with van der Waals surface area (Å²) >= 11 is 0. The fourth-order valence-corrected chi connectivity index (χ4v) is 3.50. The summed E-state index contributed by atoms with van der Waals surface area (Å²) in [6, 6.07) is 10.6. The topological polar surface area (TPSA) is 75.4 Å². The first-order chi connectivity index (χ1) is 12.7. The summed E-state index contributed by atoms with van der Waals surface area (Å²) in [6.07, 6.45) is 1.78. The van der Waals surface area contributed by atoms with E-state index in [4.69, 9.17) is 4.74 Å². The fourth-order valence-electron chi connectivity index (χ4n) is 3.50. The molecule has 0 amide bonds. The number of aromatic nitrogens is 3. The van der Waals surface area contributed by atoms with E-state index in [-0.39, 0.29) is 12.6 Å². The first-order valence-electron chi connectivity index (χ1n) is 9.26. The van der Waals surface area contributed by atoms with Gasteiger partial charge in [0.2, 0.25) is 0 Å². The molecule has 1 saturated heterocycles. The molecule has 0 saturated carbocycles. The lowest BCUT2D eigenvalue weighted by molar-refractivity contribution is -0.122. The van der Waals surface area contributed by atoms with E-state index in [0.717, 1.165) is 18.8 Å². The predicted octanol–water partition coefficient (Wildman–Crippen LogP) is 1.04. The van der Waals surface area contributed by atoms with Crippen LogP contribution in [-0.4, -0.2) is 62.9 Å². The predicted molar refractivity (Wildman–Crippen MR) is 99.5 cm³/mol. The maximum absolute atomic E-state index is 10.3. The Morgan fingerprint density at radius 1 is 1.35 bits per heavy atom.